The highest BCUT2D eigenvalue weighted by Crippen LogP contribution is 2.10. The van der Waals surface area contributed by atoms with E-state index in [4.69, 9.17) is 10.4 Å². The van der Waals surface area contributed by atoms with E-state index in [1.165, 1.54) is 13.8 Å². The van der Waals surface area contributed by atoms with Gasteiger partial charge in [0.1, 0.15) is 0 Å². The van der Waals surface area contributed by atoms with Crippen molar-refractivity contribution in [2.24, 2.45) is 0 Å². The summed E-state index contributed by atoms with van der Waals surface area (Å²) >= 11 is 0. The van der Waals surface area contributed by atoms with Crippen molar-refractivity contribution >= 4 is 6.16 Å². The van der Waals surface area contributed by atoms with Gasteiger partial charge in [0.15, 0.2) is 0 Å². The average molecular weight is 152 g/mol. The van der Waals surface area contributed by atoms with Gasteiger partial charge in [-0.2, -0.15) is 4.89 Å². The molecule has 0 heterocycles. The van der Waals surface area contributed by atoms with Gasteiger partial charge in [-0.25, -0.2) is 10.1 Å². The predicted molar refractivity (Wildman–Crippen MR) is 28.0 cm³/mol. The van der Waals surface area contributed by atoms with Gasteiger partial charge in [0.25, 0.3) is 0 Å². The minimum absolute atomic E-state index is 1.26. The van der Waals surface area contributed by atoms with E-state index in [-0.39, 0.29) is 0 Å². The van der Waals surface area contributed by atoms with Crippen molar-refractivity contribution < 1.29 is 29.8 Å². The Bertz CT molecular complexity index is 119. The van der Waals surface area contributed by atoms with E-state index in [9.17, 15) is 4.79 Å². The molecule has 0 fully saturated rings. The highest BCUT2D eigenvalue weighted by atomic mass is 17.5. The Hall–Kier alpha value is -0.850. The molecule has 0 aromatic heterocycles. The zero-order valence-corrected chi connectivity index (χ0v) is 5.53. The van der Waals surface area contributed by atoms with Gasteiger partial charge < -0.3 is 9.84 Å². The maximum atomic E-state index is 9.85. The van der Waals surface area contributed by atoms with Crippen molar-refractivity contribution in [3.8, 4) is 0 Å². The lowest BCUT2D eigenvalue weighted by molar-refractivity contribution is -0.546. The highest BCUT2D eigenvalue weighted by molar-refractivity contribution is 5.57. The third-order valence-electron chi connectivity index (χ3n) is 0.571. The molecule has 0 bridgehead atoms. The number of rotatable bonds is 3. The van der Waals surface area contributed by atoms with Gasteiger partial charge in [0, 0.05) is 13.8 Å². The summed E-state index contributed by atoms with van der Waals surface area (Å²) in [6.45, 7) is 2.52. The Kier molecular flexibility index (Phi) is 3.07. The Morgan fingerprint density at radius 1 is 1.50 bits per heavy atom. The summed E-state index contributed by atoms with van der Waals surface area (Å²) in [7, 11) is 0. The molecule has 0 aromatic carbocycles. The molecular weight excluding hydrogens is 144 g/mol. The molecule has 0 spiro atoms. The van der Waals surface area contributed by atoms with Gasteiger partial charge in [-0.05, 0) is 0 Å². The number of carboxylic acid groups (broad SMARTS) is 1. The molecule has 0 aromatic rings. The Labute approximate surface area is 56.8 Å². The smallest absolute Gasteiger partial charge is 0.450 e. The Balaban J connectivity index is 3.74. The summed E-state index contributed by atoms with van der Waals surface area (Å²) in [5.74, 6) is -1.50. The molecule has 0 saturated carbocycles. The number of hydrogen-bond donors (Lipinski definition) is 2. The molecule has 0 radical (unpaired) electrons. The van der Waals surface area contributed by atoms with E-state index in [0.717, 1.165) is 0 Å². The molecule has 0 saturated heterocycles. The average Bonchev–Trinajstić information content (AvgIpc) is 1.59. The van der Waals surface area contributed by atoms with Crippen molar-refractivity contribution in [3.05, 3.63) is 0 Å². The fourth-order valence-corrected chi connectivity index (χ4v) is 0.317. The van der Waals surface area contributed by atoms with Crippen LogP contribution in [0.1, 0.15) is 13.8 Å². The second kappa shape index (κ2) is 3.35. The van der Waals surface area contributed by atoms with Crippen LogP contribution in [-0.2, 0) is 14.7 Å². The minimum atomic E-state index is -1.51. The summed E-state index contributed by atoms with van der Waals surface area (Å²) in [6, 6.07) is 0. The van der Waals surface area contributed by atoms with Crippen molar-refractivity contribution in [1.29, 1.82) is 0 Å². The van der Waals surface area contributed by atoms with Crippen LogP contribution in [0.25, 0.3) is 0 Å². The first-order valence-corrected chi connectivity index (χ1v) is 2.39. The van der Waals surface area contributed by atoms with Crippen LogP contribution >= 0.6 is 0 Å². The molecule has 60 valence electrons. The van der Waals surface area contributed by atoms with Crippen LogP contribution in [0.3, 0.4) is 0 Å². The zero-order chi connectivity index (χ0) is 8.20. The van der Waals surface area contributed by atoms with Crippen LogP contribution in [0.5, 0.6) is 0 Å². The number of carbonyl (C=O) groups is 1. The van der Waals surface area contributed by atoms with Crippen LogP contribution in [0.15, 0.2) is 0 Å². The van der Waals surface area contributed by atoms with E-state index < -0.39 is 11.9 Å². The van der Waals surface area contributed by atoms with E-state index >= 15 is 0 Å². The summed E-state index contributed by atoms with van der Waals surface area (Å²) < 4.78 is 4.09. The predicted octanol–water partition coefficient (Wildman–Crippen LogP) is 0.838. The molecule has 10 heavy (non-hydrogen) atoms. The first-order chi connectivity index (χ1) is 4.48. The minimum Gasteiger partial charge on any atom is -0.450 e. The summed E-state index contributed by atoms with van der Waals surface area (Å²) in [5.41, 5.74) is 0. The van der Waals surface area contributed by atoms with Gasteiger partial charge in [-0.3, -0.25) is 0 Å². The molecule has 0 amide bonds. The first kappa shape index (κ1) is 9.15. The summed E-state index contributed by atoms with van der Waals surface area (Å²) in [4.78, 5) is 13.8. The van der Waals surface area contributed by atoms with Crippen LogP contribution in [0.2, 0.25) is 0 Å². The number of ether oxygens (including phenoxy) is 1. The lowest BCUT2D eigenvalue weighted by atomic mass is 10.4. The van der Waals surface area contributed by atoms with Crippen molar-refractivity contribution in [2.45, 2.75) is 19.6 Å². The monoisotopic (exact) mass is 152 g/mol. The van der Waals surface area contributed by atoms with Gasteiger partial charge in [-0.15, -0.1) is 0 Å². The SMILES string of the molecule is CC(C)(OOO)OC(=O)O. The highest BCUT2D eigenvalue weighted by Gasteiger charge is 2.24. The third-order valence-corrected chi connectivity index (χ3v) is 0.571. The molecule has 0 rings (SSSR count). The van der Waals surface area contributed by atoms with Crippen molar-refractivity contribution in [3.63, 3.8) is 0 Å². The van der Waals surface area contributed by atoms with Gasteiger partial charge in [0.2, 0.25) is 5.79 Å². The fourth-order valence-electron chi connectivity index (χ4n) is 0.317. The van der Waals surface area contributed by atoms with Crippen LogP contribution in [0, 0.1) is 0 Å². The Morgan fingerprint density at radius 3 is 2.30 bits per heavy atom. The van der Waals surface area contributed by atoms with E-state index in [0.29, 0.717) is 0 Å². The lowest BCUT2D eigenvalue weighted by Crippen LogP contribution is -2.30. The van der Waals surface area contributed by atoms with Gasteiger partial charge in [-0.1, -0.05) is 5.04 Å². The molecule has 0 unspecified atom stereocenters. The van der Waals surface area contributed by atoms with E-state index in [1.807, 2.05) is 0 Å². The molecule has 0 atom stereocenters. The lowest BCUT2D eigenvalue weighted by Gasteiger charge is -2.18. The Morgan fingerprint density at radius 2 is 2.00 bits per heavy atom. The van der Waals surface area contributed by atoms with E-state index in [2.05, 4.69) is 14.7 Å². The largest absolute Gasteiger partial charge is 0.508 e. The second-order valence-electron chi connectivity index (χ2n) is 1.93. The van der Waals surface area contributed by atoms with E-state index in [1.54, 1.807) is 0 Å². The standard InChI is InChI=1S/C4H8O6/c1-4(2,9-10-7)8-3(5)6/h7H,1-2H3,(H,5,6). The molecule has 6 nitrogen and oxygen atoms in total. The van der Waals surface area contributed by atoms with Crippen LogP contribution in [-0.4, -0.2) is 22.3 Å². The maximum absolute atomic E-state index is 9.85. The molecule has 0 aliphatic rings. The van der Waals surface area contributed by atoms with Crippen molar-refractivity contribution in [2.75, 3.05) is 0 Å². The zero-order valence-electron chi connectivity index (χ0n) is 5.53. The normalized spacial score (nSPS) is 11.1. The van der Waals surface area contributed by atoms with Gasteiger partial charge >= 0.3 is 6.16 Å². The molecule has 0 aliphatic heterocycles. The summed E-state index contributed by atoms with van der Waals surface area (Å²) in [6.07, 6.45) is -1.51. The maximum Gasteiger partial charge on any atom is 0.508 e. The second-order valence-corrected chi connectivity index (χ2v) is 1.93. The molecule has 6 heteroatoms. The van der Waals surface area contributed by atoms with Crippen molar-refractivity contribution in [1.82, 2.24) is 0 Å². The quantitative estimate of drug-likeness (QED) is 0.269. The fraction of sp³-hybridized carbons (Fsp3) is 0.750. The summed E-state index contributed by atoms with van der Waals surface area (Å²) in [5, 5.41) is 19.0. The topological polar surface area (TPSA) is 85.2 Å². The number of hydrogen-bond acceptors (Lipinski definition) is 5. The van der Waals surface area contributed by atoms with Gasteiger partial charge in [0.05, 0.1) is 0 Å². The van der Waals surface area contributed by atoms with Crippen LogP contribution in [0.4, 0.5) is 4.79 Å². The molecule has 2 N–H and O–H groups in total. The molecular formula is C4H8O6. The van der Waals surface area contributed by atoms with Crippen LogP contribution < -0.4 is 0 Å². The molecule has 0 aliphatic carbocycles. The first-order valence-electron chi connectivity index (χ1n) is 2.39. The third kappa shape index (κ3) is 4.07.